The number of aryl methyl sites for hydroxylation is 1. The van der Waals surface area contributed by atoms with Crippen LogP contribution < -0.4 is 4.74 Å². The molecule has 2 aromatic rings. The summed E-state index contributed by atoms with van der Waals surface area (Å²) in [4.78, 5) is 16.4. The molecule has 0 fully saturated rings. The third-order valence-electron chi connectivity index (χ3n) is 1.89. The molecule has 0 aliphatic heterocycles. The molecule has 1 radical (unpaired) electrons. The second-order valence-electron chi connectivity index (χ2n) is 2.87. The van der Waals surface area contributed by atoms with E-state index < -0.39 is 0 Å². The van der Waals surface area contributed by atoms with Crippen LogP contribution in [0.1, 0.15) is 5.69 Å². The van der Waals surface area contributed by atoms with Crippen molar-refractivity contribution in [1.29, 1.82) is 0 Å². The molecule has 0 aliphatic carbocycles. The van der Waals surface area contributed by atoms with Gasteiger partial charge in [0, 0.05) is 12.4 Å². The highest BCUT2D eigenvalue weighted by Gasteiger charge is 2.07. The Morgan fingerprint density at radius 1 is 1.27 bits per heavy atom. The number of methoxy groups -OCH3 is 1. The van der Waals surface area contributed by atoms with Crippen molar-refractivity contribution in [2.24, 2.45) is 0 Å². The third-order valence-corrected chi connectivity index (χ3v) is 1.89. The molecule has 5 nitrogen and oxygen atoms in total. The minimum absolute atomic E-state index is 0.345. The maximum atomic E-state index is 4.94. The van der Waals surface area contributed by atoms with Gasteiger partial charge in [0.15, 0.2) is 6.20 Å². The summed E-state index contributed by atoms with van der Waals surface area (Å²) >= 11 is 0. The van der Waals surface area contributed by atoms with Crippen molar-refractivity contribution in [3.05, 3.63) is 30.5 Å². The third kappa shape index (κ3) is 1.90. The Hall–Kier alpha value is -2.04. The van der Waals surface area contributed by atoms with E-state index in [1.165, 1.54) is 7.11 Å². The highest BCUT2D eigenvalue weighted by atomic mass is 16.5. The Morgan fingerprint density at radius 3 is 2.80 bits per heavy atom. The van der Waals surface area contributed by atoms with Crippen molar-refractivity contribution in [3.8, 4) is 17.3 Å². The molecule has 2 rings (SSSR count). The Labute approximate surface area is 87.2 Å². The zero-order chi connectivity index (χ0) is 10.7. The normalized spacial score (nSPS) is 10.0. The molecule has 0 saturated heterocycles. The number of hydrogen-bond acceptors (Lipinski definition) is 5. The van der Waals surface area contributed by atoms with Crippen LogP contribution in [0.5, 0.6) is 5.88 Å². The van der Waals surface area contributed by atoms with E-state index in [1.807, 2.05) is 6.92 Å². The lowest BCUT2D eigenvalue weighted by Crippen LogP contribution is -1.96. The van der Waals surface area contributed by atoms with E-state index in [9.17, 15) is 0 Å². The average molecular weight is 201 g/mol. The second-order valence-corrected chi connectivity index (χ2v) is 2.87. The zero-order valence-corrected chi connectivity index (χ0v) is 8.43. The van der Waals surface area contributed by atoms with Gasteiger partial charge < -0.3 is 4.74 Å². The summed E-state index contributed by atoms with van der Waals surface area (Å²) in [6, 6.07) is 0. The Morgan fingerprint density at radius 2 is 2.07 bits per heavy atom. The number of aromatic nitrogens is 4. The minimum Gasteiger partial charge on any atom is -0.479 e. The van der Waals surface area contributed by atoms with E-state index in [0.29, 0.717) is 17.3 Å². The van der Waals surface area contributed by atoms with Crippen LogP contribution in [-0.4, -0.2) is 27.0 Å². The summed E-state index contributed by atoms with van der Waals surface area (Å²) in [5, 5.41) is 0. The van der Waals surface area contributed by atoms with Crippen molar-refractivity contribution in [2.75, 3.05) is 7.11 Å². The molecule has 0 N–H and O–H groups in total. The Kier molecular flexibility index (Phi) is 2.53. The zero-order valence-electron chi connectivity index (χ0n) is 8.43. The molecule has 2 heterocycles. The smallest absolute Gasteiger partial charge is 0.242 e. The average Bonchev–Trinajstić information content (AvgIpc) is 2.30. The van der Waals surface area contributed by atoms with Crippen LogP contribution in [0.4, 0.5) is 0 Å². The molecule has 2 aromatic heterocycles. The lowest BCUT2D eigenvalue weighted by Gasteiger charge is -2.03. The van der Waals surface area contributed by atoms with Gasteiger partial charge in [-0.1, -0.05) is 0 Å². The van der Waals surface area contributed by atoms with Crippen LogP contribution >= 0.6 is 0 Å². The molecule has 0 aliphatic rings. The summed E-state index contributed by atoms with van der Waals surface area (Å²) < 4.78 is 4.94. The van der Waals surface area contributed by atoms with Gasteiger partial charge in [0.2, 0.25) is 5.88 Å². The first-order valence-corrected chi connectivity index (χ1v) is 4.38. The highest BCUT2D eigenvalue weighted by Crippen LogP contribution is 2.17. The lowest BCUT2D eigenvalue weighted by atomic mass is 10.2. The van der Waals surface area contributed by atoms with Gasteiger partial charge in [0.25, 0.3) is 0 Å². The van der Waals surface area contributed by atoms with E-state index in [1.54, 1.807) is 18.6 Å². The van der Waals surface area contributed by atoms with Crippen molar-refractivity contribution in [2.45, 2.75) is 6.92 Å². The van der Waals surface area contributed by atoms with Crippen LogP contribution in [0.25, 0.3) is 11.4 Å². The number of rotatable bonds is 2. The van der Waals surface area contributed by atoms with Gasteiger partial charge in [0.05, 0.1) is 19.0 Å². The molecule has 0 aromatic carbocycles. The molecule has 0 atom stereocenters. The van der Waals surface area contributed by atoms with Crippen LogP contribution in [0.2, 0.25) is 0 Å². The number of ether oxygens (including phenoxy) is 1. The van der Waals surface area contributed by atoms with E-state index in [2.05, 4.69) is 26.1 Å². The first-order chi connectivity index (χ1) is 7.31. The lowest BCUT2D eigenvalue weighted by molar-refractivity contribution is 0.395. The Bertz CT molecular complexity index is 472. The molecule has 0 bridgehead atoms. The molecule has 0 amide bonds. The molecule has 75 valence electrons. The summed E-state index contributed by atoms with van der Waals surface area (Å²) in [7, 11) is 1.52. The van der Waals surface area contributed by atoms with Crippen LogP contribution in [0.3, 0.4) is 0 Å². The van der Waals surface area contributed by atoms with Crippen LogP contribution in [-0.2, 0) is 0 Å². The Balaban J connectivity index is 2.49. The predicted molar refractivity (Wildman–Crippen MR) is 53.2 cm³/mol. The standard InChI is InChI=1S/C10H9N4O/c1-7-10(13-4-3-12-7)8-5-11-6-9(14-8)15-2/h3-5H,1-2H3. The topological polar surface area (TPSA) is 60.8 Å². The predicted octanol–water partition coefficient (Wildman–Crippen LogP) is 1.05. The van der Waals surface area contributed by atoms with Gasteiger partial charge in [0.1, 0.15) is 11.4 Å². The van der Waals surface area contributed by atoms with E-state index in [0.717, 1.165) is 5.69 Å². The fourth-order valence-corrected chi connectivity index (χ4v) is 1.18. The number of hydrogen-bond donors (Lipinski definition) is 0. The monoisotopic (exact) mass is 201 g/mol. The molecule has 0 saturated carbocycles. The van der Waals surface area contributed by atoms with Crippen molar-refractivity contribution < 1.29 is 4.74 Å². The first-order valence-electron chi connectivity index (χ1n) is 4.38. The highest BCUT2D eigenvalue weighted by molar-refractivity contribution is 5.55. The van der Waals surface area contributed by atoms with Crippen molar-refractivity contribution >= 4 is 0 Å². The van der Waals surface area contributed by atoms with Gasteiger partial charge in [-0.3, -0.25) is 9.97 Å². The fourth-order valence-electron chi connectivity index (χ4n) is 1.18. The van der Waals surface area contributed by atoms with E-state index >= 15 is 0 Å². The first kappa shape index (κ1) is 9.51. The second kappa shape index (κ2) is 4.00. The van der Waals surface area contributed by atoms with Gasteiger partial charge in [-0.2, -0.15) is 0 Å². The largest absolute Gasteiger partial charge is 0.479 e. The van der Waals surface area contributed by atoms with Crippen LogP contribution in [0, 0.1) is 13.1 Å². The quantitative estimate of drug-likeness (QED) is 0.726. The van der Waals surface area contributed by atoms with Gasteiger partial charge in [-0.15, -0.1) is 0 Å². The molecular formula is C10H9N4O. The summed E-state index contributed by atoms with van der Waals surface area (Å²) in [6.07, 6.45) is 7.45. The maximum Gasteiger partial charge on any atom is 0.242 e. The van der Waals surface area contributed by atoms with Crippen molar-refractivity contribution in [3.63, 3.8) is 0 Å². The summed E-state index contributed by atoms with van der Waals surface area (Å²) in [6.45, 7) is 1.87. The van der Waals surface area contributed by atoms with Crippen LogP contribution in [0.15, 0.2) is 18.6 Å². The SMILES string of the molecule is COc1[c]ncc(-c2nccnc2C)n1. The summed E-state index contributed by atoms with van der Waals surface area (Å²) in [5.74, 6) is 0.345. The van der Waals surface area contributed by atoms with E-state index in [4.69, 9.17) is 4.74 Å². The fraction of sp³-hybridized carbons (Fsp3) is 0.200. The maximum absolute atomic E-state index is 4.94. The molecule has 0 spiro atoms. The van der Waals surface area contributed by atoms with Gasteiger partial charge >= 0.3 is 0 Å². The molecule has 5 heteroatoms. The van der Waals surface area contributed by atoms with E-state index in [-0.39, 0.29) is 0 Å². The number of nitrogens with zero attached hydrogens (tertiary/aromatic N) is 4. The molecule has 0 unspecified atom stereocenters. The van der Waals surface area contributed by atoms with Gasteiger partial charge in [-0.25, -0.2) is 9.97 Å². The summed E-state index contributed by atoms with van der Waals surface area (Å²) in [5.41, 5.74) is 2.15. The van der Waals surface area contributed by atoms with Crippen molar-refractivity contribution in [1.82, 2.24) is 19.9 Å². The molecular weight excluding hydrogens is 192 g/mol. The molecule has 15 heavy (non-hydrogen) atoms. The minimum atomic E-state index is 0.345. The van der Waals surface area contributed by atoms with Gasteiger partial charge in [-0.05, 0) is 6.92 Å².